The summed E-state index contributed by atoms with van der Waals surface area (Å²) in [7, 11) is 0. The molecule has 3 heterocycles. The van der Waals surface area contributed by atoms with Crippen molar-refractivity contribution in [2.24, 2.45) is 5.92 Å². The van der Waals surface area contributed by atoms with E-state index in [1.165, 1.54) is 23.9 Å². The summed E-state index contributed by atoms with van der Waals surface area (Å²) in [4.78, 5) is 13.3. The summed E-state index contributed by atoms with van der Waals surface area (Å²) in [5, 5.41) is 36.3. The van der Waals surface area contributed by atoms with E-state index < -0.39 is 71.0 Å². The molecule has 2 fully saturated rings. The Hall–Kier alpha value is -1.31. The van der Waals surface area contributed by atoms with Gasteiger partial charge in [-0.2, -0.15) is 0 Å². The van der Waals surface area contributed by atoms with E-state index in [1.54, 1.807) is 13.2 Å². The first-order valence-corrected chi connectivity index (χ1v) is 13.5. The van der Waals surface area contributed by atoms with Crippen molar-refractivity contribution in [1.82, 2.24) is 10.6 Å². The molecule has 1 aromatic rings. The van der Waals surface area contributed by atoms with Gasteiger partial charge in [-0.3, -0.25) is 4.79 Å². The normalized spacial score (nSPS) is 36.4. The highest BCUT2D eigenvalue weighted by Crippen LogP contribution is 2.33. The molecule has 0 radical (unpaired) electrons. The predicted molar refractivity (Wildman–Crippen MR) is 131 cm³/mol. The van der Waals surface area contributed by atoms with Crippen molar-refractivity contribution in [3.8, 4) is 0 Å². The molecule has 200 valence electrons. The number of hydrogen-bond acceptors (Lipinski definition) is 8. The monoisotopic (exact) mass is 548 g/mol. The third-order valence-corrected chi connectivity index (χ3v) is 8.06. The van der Waals surface area contributed by atoms with E-state index in [0.717, 1.165) is 11.6 Å². The first-order valence-electron chi connectivity index (χ1n) is 11.8. The molecule has 1 amide bonds. The number of rotatable bonds is 6. The Kier molecular flexibility index (Phi) is 8.94. The fraction of sp³-hybridized carbons (Fsp3) is 0.625. The predicted octanol–water partition coefficient (Wildman–Crippen LogP) is 1.01. The molecule has 0 aliphatic carbocycles. The number of amides is 1. The largest absolute Gasteiger partial charge is 0.388 e. The van der Waals surface area contributed by atoms with Crippen molar-refractivity contribution in [2.75, 3.05) is 19.4 Å². The van der Waals surface area contributed by atoms with Crippen LogP contribution in [-0.2, 0) is 14.3 Å². The average molecular weight is 549 g/mol. The van der Waals surface area contributed by atoms with Crippen molar-refractivity contribution < 1.29 is 38.4 Å². The van der Waals surface area contributed by atoms with E-state index >= 15 is 0 Å². The maximum Gasteiger partial charge on any atom is 0.240 e. The van der Waals surface area contributed by atoms with Gasteiger partial charge in [0.15, 0.2) is 0 Å². The lowest BCUT2D eigenvalue weighted by Gasteiger charge is -2.44. The molecule has 0 spiro atoms. The third kappa shape index (κ3) is 5.73. The highest BCUT2D eigenvalue weighted by Gasteiger charge is 2.49. The molecule has 8 nitrogen and oxygen atoms in total. The zero-order chi connectivity index (χ0) is 26.1. The van der Waals surface area contributed by atoms with Crippen molar-refractivity contribution in [3.63, 3.8) is 0 Å². The van der Waals surface area contributed by atoms with Crippen molar-refractivity contribution in [3.05, 3.63) is 41.5 Å². The van der Waals surface area contributed by atoms with Gasteiger partial charge in [-0.15, -0.1) is 23.4 Å². The zero-order valence-electron chi connectivity index (χ0n) is 19.8. The summed E-state index contributed by atoms with van der Waals surface area (Å²) in [5.41, 5.74) is 0.372. The van der Waals surface area contributed by atoms with Crippen molar-refractivity contribution >= 4 is 34.8 Å². The minimum Gasteiger partial charge on any atom is -0.388 e. The van der Waals surface area contributed by atoms with E-state index in [1.807, 2.05) is 6.08 Å². The van der Waals surface area contributed by atoms with E-state index in [-0.39, 0.29) is 12.5 Å². The number of aliphatic hydroxyl groups excluding tert-OH is 3. The van der Waals surface area contributed by atoms with E-state index in [2.05, 4.69) is 10.6 Å². The number of nitrogens with one attached hydrogen (secondary N) is 2. The maximum absolute atomic E-state index is 13.7. The number of benzene rings is 1. The Morgan fingerprint density at radius 3 is 2.53 bits per heavy atom. The second-order valence-electron chi connectivity index (χ2n) is 9.37. The minimum atomic E-state index is -1.47. The van der Waals surface area contributed by atoms with Gasteiger partial charge in [-0.25, -0.2) is 8.78 Å². The highest BCUT2D eigenvalue weighted by atomic mass is 35.5. The molecule has 5 N–H and O–H groups in total. The Balaban J connectivity index is 1.49. The number of alkyl halides is 1. The molecular weight excluding hydrogens is 518 g/mol. The van der Waals surface area contributed by atoms with Crippen molar-refractivity contribution in [2.45, 2.75) is 66.8 Å². The molecule has 12 heteroatoms. The van der Waals surface area contributed by atoms with Gasteiger partial charge in [0.05, 0.1) is 24.1 Å². The number of halogens is 3. The molecule has 36 heavy (non-hydrogen) atoms. The average Bonchev–Trinajstić information content (AvgIpc) is 3.10. The van der Waals surface area contributed by atoms with Crippen molar-refractivity contribution in [1.29, 1.82) is 0 Å². The first-order chi connectivity index (χ1) is 17.1. The van der Waals surface area contributed by atoms with Gasteiger partial charge >= 0.3 is 0 Å². The van der Waals surface area contributed by atoms with Crippen LogP contribution in [0, 0.1) is 17.6 Å². The Bertz CT molecular complexity index is 966. The van der Waals surface area contributed by atoms with E-state index in [9.17, 15) is 28.9 Å². The number of fused-ring (bicyclic) bond motifs is 1. The number of carbonyl (C=O) groups is 1. The Morgan fingerprint density at radius 1 is 1.19 bits per heavy atom. The summed E-state index contributed by atoms with van der Waals surface area (Å²) < 4.78 is 39.3. The lowest BCUT2D eigenvalue weighted by molar-refractivity contribution is -0.205. The molecule has 0 saturated carbocycles. The SMILES string of the molecule is CSC1OC([C@H](NC(=O)[C@H]2NC[C@@H]3C=C(c4cc(F)cc(F)c4)CCO[C@@H]23)[C@H](C)Cl)C(O)C(O)C1O. The summed E-state index contributed by atoms with van der Waals surface area (Å²) in [6, 6.07) is 1.74. The van der Waals surface area contributed by atoms with Crippen LogP contribution in [0.5, 0.6) is 0 Å². The fourth-order valence-electron chi connectivity index (χ4n) is 5.06. The van der Waals surface area contributed by atoms with Crippen LogP contribution < -0.4 is 10.6 Å². The lowest BCUT2D eigenvalue weighted by Crippen LogP contribution is -2.65. The second-order valence-corrected chi connectivity index (χ2v) is 11.0. The Labute approximate surface area is 217 Å². The number of carbonyl (C=O) groups excluding carboxylic acids is 1. The molecule has 3 aliphatic rings. The molecule has 5 unspecified atom stereocenters. The summed E-state index contributed by atoms with van der Waals surface area (Å²) in [5.74, 6) is -1.97. The van der Waals surface area contributed by atoms with Crippen LogP contribution in [0.3, 0.4) is 0 Å². The molecular formula is C24H31ClF2N2O6S. The minimum absolute atomic E-state index is 0.217. The van der Waals surface area contributed by atoms with Crippen LogP contribution in [0.1, 0.15) is 18.9 Å². The summed E-state index contributed by atoms with van der Waals surface area (Å²) in [6.07, 6.45) is -1.80. The van der Waals surface area contributed by atoms with Crippen LogP contribution in [0.15, 0.2) is 24.3 Å². The van der Waals surface area contributed by atoms with E-state index in [0.29, 0.717) is 18.5 Å². The van der Waals surface area contributed by atoms with Gasteiger partial charge in [0.1, 0.15) is 47.5 Å². The maximum atomic E-state index is 13.7. The van der Waals surface area contributed by atoms with Crippen LogP contribution in [0.25, 0.3) is 5.57 Å². The smallest absolute Gasteiger partial charge is 0.240 e. The van der Waals surface area contributed by atoms with Gasteiger partial charge in [-0.05, 0) is 42.9 Å². The van der Waals surface area contributed by atoms with Gasteiger partial charge in [0, 0.05) is 18.5 Å². The molecule has 2 saturated heterocycles. The molecule has 0 bridgehead atoms. The standard InChI is InChI=1S/C24H31ClF2N2O6S/c1-10(25)16(22-19(31)18(30)20(32)24(35-22)36-2)29-23(33)17-21-13(9-28-17)5-11(3-4-34-21)12-6-14(26)8-15(27)7-12/h5-8,10,13,16-22,24,28,30-32H,3-4,9H2,1-2H3,(H,29,33)/t10-,13-,16+,17-,18?,19?,20?,21+,22?,24?/m0/s1. The van der Waals surface area contributed by atoms with Gasteiger partial charge in [0.25, 0.3) is 0 Å². The molecule has 3 aliphatic heterocycles. The van der Waals surface area contributed by atoms with E-state index in [4.69, 9.17) is 21.1 Å². The lowest BCUT2D eigenvalue weighted by atomic mass is 9.92. The molecule has 4 rings (SSSR count). The quantitative estimate of drug-likeness (QED) is 0.334. The third-order valence-electron chi connectivity index (χ3n) is 6.93. The number of hydrogen-bond donors (Lipinski definition) is 5. The summed E-state index contributed by atoms with van der Waals surface area (Å²) in [6.45, 7) is 2.30. The van der Waals surface area contributed by atoms with Crippen LogP contribution >= 0.6 is 23.4 Å². The van der Waals surface area contributed by atoms with Gasteiger partial charge in [-0.1, -0.05) is 6.08 Å². The zero-order valence-corrected chi connectivity index (χ0v) is 21.4. The summed E-state index contributed by atoms with van der Waals surface area (Å²) >= 11 is 7.53. The molecule has 1 aromatic carbocycles. The number of aliphatic hydroxyl groups is 3. The van der Waals surface area contributed by atoms with Crippen LogP contribution in [0.2, 0.25) is 0 Å². The molecule has 10 atom stereocenters. The first kappa shape index (κ1) is 27.7. The van der Waals surface area contributed by atoms with Gasteiger partial charge < -0.3 is 35.4 Å². The Morgan fingerprint density at radius 2 is 1.89 bits per heavy atom. The highest BCUT2D eigenvalue weighted by molar-refractivity contribution is 7.99. The van der Waals surface area contributed by atoms with Gasteiger partial charge in [0.2, 0.25) is 5.91 Å². The topological polar surface area (TPSA) is 120 Å². The molecule has 0 aromatic heterocycles. The number of thioether (sulfide) groups is 1. The fourth-order valence-corrected chi connectivity index (χ4v) is 5.95. The number of ether oxygens (including phenoxy) is 2. The van der Waals surface area contributed by atoms with Crippen LogP contribution in [0.4, 0.5) is 8.78 Å². The van der Waals surface area contributed by atoms with Crippen LogP contribution in [-0.4, -0.2) is 94.1 Å². The second kappa shape index (κ2) is 11.6.